The Bertz CT molecular complexity index is 467. The number of imidazole rings is 1. The van der Waals surface area contributed by atoms with Crippen molar-refractivity contribution in [2.24, 2.45) is 0 Å². The minimum absolute atomic E-state index is 0.198. The van der Waals surface area contributed by atoms with Crippen molar-refractivity contribution in [3.63, 3.8) is 0 Å². The molecule has 14 heavy (non-hydrogen) atoms. The summed E-state index contributed by atoms with van der Waals surface area (Å²) in [4.78, 5) is 16.1. The molecule has 0 amide bonds. The first-order valence-electron chi connectivity index (χ1n) is 4.22. The summed E-state index contributed by atoms with van der Waals surface area (Å²) >= 11 is 0. The van der Waals surface area contributed by atoms with Gasteiger partial charge in [-0.1, -0.05) is 0 Å². The van der Waals surface area contributed by atoms with Gasteiger partial charge in [-0.25, -0.2) is 4.79 Å². The van der Waals surface area contributed by atoms with E-state index >= 15 is 0 Å². The number of rotatable bonds is 2. The summed E-state index contributed by atoms with van der Waals surface area (Å²) in [7, 11) is 1.62. The van der Waals surface area contributed by atoms with Gasteiger partial charge in [-0.2, -0.15) is 0 Å². The number of hydrogen-bond acceptors (Lipinski definition) is 2. The van der Waals surface area contributed by atoms with E-state index in [0.29, 0.717) is 0 Å². The van der Waals surface area contributed by atoms with Crippen molar-refractivity contribution in [2.45, 2.75) is 0 Å². The molecular formula is C10H10N2O2. The number of hydrogen-bond donors (Lipinski definition) is 2. The van der Waals surface area contributed by atoms with Crippen molar-refractivity contribution in [3.05, 3.63) is 40.9 Å². The van der Waals surface area contributed by atoms with Crippen molar-refractivity contribution in [3.8, 4) is 17.0 Å². The van der Waals surface area contributed by atoms with Crippen LogP contribution >= 0.6 is 0 Å². The first-order valence-corrected chi connectivity index (χ1v) is 4.22. The lowest BCUT2D eigenvalue weighted by molar-refractivity contribution is 0.415. The Kier molecular flexibility index (Phi) is 2.10. The molecule has 0 bridgehead atoms. The first kappa shape index (κ1) is 8.62. The van der Waals surface area contributed by atoms with Crippen LogP contribution in [0.15, 0.2) is 35.3 Å². The van der Waals surface area contributed by atoms with Crippen molar-refractivity contribution in [1.82, 2.24) is 9.97 Å². The van der Waals surface area contributed by atoms with E-state index in [-0.39, 0.29) is 5.69 Å². The van der Waals surface area contributed by atoms with Crippen LogP contribution in [-0.2, 0) is 0 Å². The van der Waals surface area contributed by atoms with E-state index in [2.05, 4.69) is 9.97 Å². The number of benzene rings is 1. The fraction of sp³-hybridized carbons (Fsp3) is 0.100. The van der Waals surface area contributed by atoms with Crippen LogP contribution in [0.25, 0.3) is 11.3 Å². The number of nitrogens with one attached hydrogen (secondary N) is 2. The second-order valence-corrected chi connectivity index (χ2v) is 2.88. The summed E-state index contributed by atoms with van der Waals surface area (Å²) in [5, 5.41) is 0. The van der Waals surface area contributed by atoms with Crippen LogP contribution in [0.3, 0.4) is 0 Å². The zero-order valence-corrected chi connectivity index (χ0v) is 7.70. The topological polar surface area (TPSA) is 57.9 Å². The molecule has 72 valence electrons. The molecule has 0 aliphatic heterocycles. The molecular weight excluding hydrogens is 180 g/mol. The van der Waals surface area contributed by atoms with Crippen molar-refractivity contribution in [2.75, 3.05) is 7.11 Å². The van der Waals surface area contributed by atoms with Gasteiger partial charge in [0.2, 0.25) is 0 Å². The summed E-state index contributed by atoms with van der Waals surface area (Å²) in [6.07, 6.45) is 1.64. The van der Waals surface area contributed by atoms with E-state index in [4.69, 9.17) is 4.74 Å². The molecule has 0 aliphatic carbocycles. The smallest absolute Gasteiger partial charge is 0.323 e. The summed E-state index contributed by atoms with van der Waals surface area (Å²) in [5.74, 6) is 0.798. The van der Waals surface area contributed by atoms with Crippen LogP contribution in [0, 0.1) is 0 Å². The third-order valence-electron chi connectivity index (χ3n) is 2.00. The molecule has 1 aromatic carbocycles. The van der Waals surface area contributed by atoms with Gasteiger partial charge in [-0.3, -0.25) is 0 Å². The Morgan fingerprint density at radius 1 is 1.21 bits per heavy atom. The minimum atomic E-state index is -0.198. The zero-order valence-electron chi connectivity index (χ0n) is 7.70. The lowest BCUT2D eigenvalue weighted by Crippen LogP contribution is -1.99. The fourth-order valence-electron chi connectivity index (χ4n) is 1.26. The average Bonchev–Trinajstić information content (AvgIpc) is 2.65. The number of methoxy groups -OCH3 is 1. The lowest BCUT2D eigenvalue weighted by atomic mass is 10.2. The first-order chi connectivity index (χ1) is 6.79. The molecule has 0 radical (unpaired) electrons. The molecule has 0 fully saturated rings. The monoisotopic (exact) mass is 190 g/mol. The number of aromatic nitrogens is 2. The highest BCUT2D eigenvalue weighted by molar-refractivity contribution is 5.58. The standard InChI is InChI=1S/C10H10N2O2/c1-14-8-4-2-7(3-5-8)9-6-11-10(13)12-9/h2-6H,1H3,(H2,11,12,13). The molecule has 2 rings (SSSR count). The normalized spacial score (nSPS) is 10.1. The highest BCUT2D eigenvalue weighted by atomic mass is 16.5. The molecule has 0 saturated heterocycles. The Hall–Kier alpha value is -1.97. The van der Waals surface area contributed by atoms with E-state index in [1.54, 1.807) is 13.3 Å². The van der Waals surface area contributed by atoms with E-state index in [1.165, 1.54) is 0 Å². The van der Waals surface area contributed by atoms with Crippen molar-refractivity contribution >= 4 is 0 Å². The molecule has 2 N–H and O–H groups in total. The quantitative estimate of drug-likeness (QED) is 0.751. The van der Waals surface area contributed by atoms with Gasteiger partial charge in [-0.05, 0) is 29.8 Å². The highest BCUT2D eigenvalue weighted by Gasteiger charge is 1.99. The molecule has 0 aliphatic rings. The third-order valence-corrected chi connectivity index (χ3v) is 2.00. The predicted octanol–water partition coefficient (Wildman–Crippen LogP) is 1.38. The van der Waals surface area contributed by atoms with Gasteiger partial charge in [0.25, 0.3) is 0 Å². The zero-order chi connectivity index (χ0) is 9.97. The maximum Gasteiger partial charge on any atom is 0.323 e. The van der Waals surface area contributed by atoms with Gasteiger partial charge in [0.1, 0.15) is 5.75 Å². The fourth-order valence-corrected chi connectivity index (χ4v) is 1.26. The summed E-state index contributed by atoms with van der Waals surface area (Å²) in [5.41, 5.74) is 1.53. The van der Waals surface area contributed by atoms with Crippen LogP contribution in [0.2, 0.25) is 0 Å². The summed E-state index contributed by atoms with van der Waals surface area (Å²) in [6.45, 7) is 0. The second-order valence-electron chi connectivity index (χ2n) is 2.88. The molecule has 4 nitrogen and oxygen atoms in total. The minimum Gasteiger partial charge on any atom is -0.497 e. The van der Waals surface area contributed by atoms with Gasteiger partial charge < -0.3 is 14.7 Å². The Balaban J connectivity index is 2.38. The number of ether oxygens (including phenoxy) is 1. The van der Waals surface area contributed by atoms with E-state index < -0.39 is 0 Å². The lowest BCUT2D eigenvalue weighted by Gasteiger charge is -2.00. The summed E-state index contributed by atoms with van der Waals surface area (Å²) in [6, 6.07) is 7.47. The third kappa shape index (κ3) is 1.54. The van der Waals surface area contributed by atoms with Crippen LogP contribution in [0.5, 0.6) is 5.75 Å². The van der Waals surface area contributed by atoms with E-state index in [9.17, 15) is 4.79 Å². The molecule has 4 heteroatoms. The molecule has 0 atom stereocenters. The highest BCUT2D eigenvalue weighted by Crippen LogP contribution is 2.18. The number of aromatic amines is 2. The Morgan fingerprint density at radius 3 is 2.43 bits per heavy atom. The molecule has 2 aromatic rings. The van der Waals surface area contributed by atoms with Gasteiger partial charge in [-0.15, -0.1) is 0 Å². The maximum absolute atomic E-state index is 10.9. The van der Waals surface area contributed by atoms with E-state index in [0.717, 1.165) is 17.0 Å². The van der Waals surface area contributed by atoms with E-state index in [1.807, 2.05) is 24.3 Å². The van der Waals surface area contributed by atoms with Gasteiger partial charge in [0, 0.05) is 6.20 Å². The van der Waals surface area contributed by atoms with Crippen molar-refractivity contribution in [1.29, 1.82) is 0 Å². The molecule has 1 heterocycles. The van der Waals surface area contributed by atoms with Crippen LogP contribution in [-0.4, -0.2) is 17.1 Å². The van der Waals surface area contributed by atoms with Gasteiger partial charge in [0.05, 0.1) is 12.8 Å². The Morgan fingerprint density at radius 2 is 1.93 bits per heavy atom. The predicted molar refractivity (Wildman–Crippen MR) is 53.4 cm³/mol. The average molecular weight is 190 g/mol. The largest absolute Gasteiger partial charge is 0.497 e. The van der Waals surface area contributed by atoms with Crippen LogP contribution < -0.4 is 10.4 Å². The molecule has 0 spiro atoms. The van der Waals surface area contributed by atoms with Crippen LogP contribution in [0.1, 0.15) is 0 Å². The van der Waals surface area contributed by atoms with Gasteiger partial charge in [0.15, 0.2) is 0 Å². The second kappa shape index (κ2) is 3.41. The van der Waals surface area contributed by atoms with Crippen LogP contribution in [0.4, 0.5) is 0 Å². The van der Waals surface area contributed by atoms with Gasteiger partial charge >= 0.3 is 5.69 Å². The molecule has 0 unspecified atom stereocenters. The summed E-state index contributed by atoms with van der Waals surface area (Å²) < 4.78 is 5.03. The van der Waals surface area contributed by atoms with Crippen molar-refractivity contribution < 1.29 is 4.74 Å². The SMILES string of the molecule is COc1ccc(-c2c[nH]c(=O)[nH]2)cc1. The Labute approximate surface area is 80.6 Å². The molecule has 0 saturated carbocycles. The number of H-pyrrole nitrogens is 2. The molecule has 1 aromatic heterocycles. The maximum atomic E-state index is 10.9.